The van der Waals surface area contributed by atoms with Crippen LogP contribution in [0.25, 0.3) is 0 Å². The highest BCUT2D eigenvalue weighted by molar-refractivity contribution is 9.12. The Balaban J connectivity index is 3.17. The molecule has 14 heavy (non-hydrogen) atoms. The summed E-state index contributed by atoms with van der Waals surface area (Å²) in [6.07, 6.45) is 1.64. The van der Waals surface area contributed by atoms with Crippen LogP contribution < -0.4 is 0 Å². The van der Waals surface area contributed by atoms with E-state index in [1.54, 1.807) is 0 Å². The number of alkyl halides is 1. The van der Waals surface area contributed by atoms with Crippen molar-refractivity contribution in [2.75, 3.05) is 7.11 Å². The lowest BCUT2D eigenvalue weighted by Gasteiger charge is -2.19. The number of hydrogen-bond donors (Lipinski definition) is 0. The molecule has 7 heteroatoms. The van der Waals surface area contributed by atoms with Gasteiger partial charge >= 0.3 is 0 Å². The summed E-state index contributed by atoms with van der Waals surface area (Å²) in [5.74, 6) is 0.516. The third-order valence-electron chi connectivity index (χ3n) is 1.74. The molecule has 0 heterocycles. The molecule has 0 aromatic rings. The van der Waals surface area contributed by atoms with E-state index in [1.165, 1.54) is 13.2 Å². The van der Waals surface area contributed by atoms with Crippen molar-refractivity contribution < 1.29 is 13.2 Å². The first-order chi connectivity index (χ1) is 6.36. The maximum Gasteiger partial charge on any atom is 0.258 e. The first kappa shape index (κ1) is 12.4. The molecule has 0 N–H and O–H groups in total. The van der Waals surface area contributed by atoms with Crippen molar-refractivity contribution in [3.05, 3.63) is 21.2 Å². The molecule has 3 nitrogen and oxygen atoms in total. The normalized spacial score (nSPS) is 23.4. The molecular formula is C7H7BrCl2O3S. The third-order valence-corrected chi connectivity index (χ3v) is 4.61. The van der Waals surface area contributed by atoms with Crippen LogP contribution >= 0.6 is 38.2 Å². The van der Waals surface area contributed by atoms with E-state index < -0.39 is 14.4 Å². The number of methoxy groups -OCH3 is 1. The zero-order chi connectivity index (χ0) is 10.9. The zero-order valence-corrected chi connectivity index (χ0v) is 11.0. The monoisotopic (exact) mass is 320 g/mol. The molecule has 0 spiro atoms. The predicted octanol–water partition coefficient (Wildman–Crippen LogP) is 2.70. The van der Waals surface area contributed by atoms with Gasteiger partial charge in [-0.25, -0.2) is 8.42 Å². The standard InChI is InChI=1S/C7H7BrCl2O3S/c1-13-6-2-4(8)7(3-5(6)9)14(10,11)12/h2,5H,3H2,1H3. The fourth-order valence-electron chi connectivity index (χ4n) is 1.06. The van der Waals surface area contributed by atoms with Gasteiger partial charge in [-0.1, -0.05) is 0 Å². The molecule has 80 valence electrons. The van der Waals surface area contributed by atoms with Gasteiger partial charge in [0, 0.05) is 21.6 Å². The minimum Gasteiger partial charge on any atom is -0.499 e. The van der Waals surface area contributed by atoms with Gasteiger partial charge in [0.1, 0.15) is 5.76 Å². The summed E-state index contributed by atoms with van der Waals surface area (Å²) in [7, 11) is 2.97. The van der Waals surface area contributed by atoms with E-state index in [1.807, 2.05) is 0 Å². The molecule has 0 amide bonds. The van der Waals surface area contributed by atoms with Gasteiger partial charge in [-0.05, 0) is 22.0 Å². The summed E-state index contributed by atoms with van der Waals surface area (Å²) in [5, 5.41) is -0.496. The Morgan fingerprint density at radius 3 is 2.64 bits per heavy atom. The van der Waals surface area contributed by atoms with Crippen molar-refractivity contribution in [2.45, 2.75) is 11.8 Å². The average Bonchev–Trinajstić information content (AvgIpc) is 2.06. The Morgan fingerprint density at radius 2 is 2.21 bits per heavy atom. The zero-order valence-electron chi connectivity index (χ0n) is 7.13. The summed E-state index contributed by atoms with van der Waals surface area (Å²) in [6, 6.07) is 0. The maximum atomic E-state index is 11.1. The van der Waals surface area contributed by atoms with Crippen LogP contribution in [-0.2, 0) is 13.8 Å². The number of hydrogen-bond acceptors (Lipinski definition) is 3. The molecule has 1 unspecified atom stereocenters. The lowest BCUT2D eigenvalue weighted by atomic mass is 10.1. The molecule has 0 fully saturated rings. The summed E-state index contributed by atoms with van der Waals surface area (Å²) in [6.45, 7) is 0. The van der Waals surface area contributed by atoms with E-state index in [0.717, 1.165) is 0 Å². The second-order valence-corrected chi connectivity index (χ2v) is 6.60. The molecule has 0 aliphatic heterocycles. The van der Waals surface area contributed by atoms with Crippen LogP contribution in [0, 0.1) is 0 Å². The number of halogens is 3. The molecule has 0 saturated heterocycles. The quantitative estimate of drug-likeness (QED) is 0.580. The highest BCUT2D eigenvalue weighted by Crippen LogP contribution is 2.35. The summed E-state index contributed by atoms with van der Waals surface area (Å²) in [4.78, 5) is 0.0833. The van der Waals surface area contributed by atoms with E-state index in [2.05, 4.69) is 15.9 Å². The van der Waals surface area contributed by atoms with Gasteiger partial charge in [-0.2, -0.15) is 0 Å². The first-order valence-corrected chi connectivity index (χ1v) is 7.13. The van der Waals surface area contributed by atoms with Crippen LogP contribution in [0.3, 0.4) is 0 Å². The van der Waals surface area contributed by atoms with E-state index >= 15 is 0 Å². The molecule has 0 saturated carbocycles. The highest BCUT2D eigenvalue weighted by atomic mass is 79.9. The molecule has 1 atom stereocenters. The van der Waals surface area contributed by atoms with Gasteiger partial charge < -0.3 is 4.74 Å². The van der Waals surface area contributed by atoms with Crippen molar-refractivity contribution in [1.29, 1.82) is 0 Å². The van der Waals surface area contributed by atoms with Crippen LogP contribution in [0.5, 0.6) is 0 Å². The van der Waals surface area contributed by atoms with Crippen molar-refractivity contribution in [2.24, 2.45) is 0 Å². The van der Waals surface area contributed by atoms with Crippen molar-refractivity contribution in [3.8, 4) is 0 Å². The summed E-state index contributed by atoms with van der Waals surface area (Å²) in [5.41, 5.74) is 0. The van der Waals surface area contributed by atoms with E-state index in [9.17, 15) is 8.42 Å². The smallest absolute Gasteiger partial charge is 0.258 e. The van der Waals surface area contributed by atoms with E-state index in [-0.39, 0.29) is 11.3 Å². The fraction of sp³-hybridized carbons (Fsp3) is 0.429. The number of ether oxygens (including phenoxy) is 1. The average molecular weight is 322 g/mol. The molecule has 0 aromatic heterocycles. The lowest BCUT2D eigenvalue weighted by molar-refractivity contribution is 0.278. The van der Waals surface area contributed by atoms with Crippen molar-refractivity contribution in [3.63, 3.8) is 0 Å². The molecular weight excluding hydrogens is 315 g/mol. The van der Waals surface area contributed by atoms with Crippen LogP contribution in [0.15, 0.2) is 21.2 Å². The SMILES string of the molecule is COC1=CC(Br)=C(S(=O)(=O)Cl)CC1Cl. The largest absolute Gasteiger partial charge is 0.499 e. The van der Waals surface area contributed by atoms with Gasteiger partial charge in [0.05, 0.1) is 17.4 Å². The molecule has 1 aliphatic rings. The third kappa shape index (κ3) is 2.66. The highest BCUT2D eigenvalue weighted by Gasteiger charge is 2.28. The summed E-state index contributed by atoms with van der Waals surface area (Å²) >= 11 is 8.98. The topological polar surface area (TPSA) is 43.4 Å². The van der Waals surface area contributed by atoms with Crippen LogP contribution in [0.1, 0.15) is 6.42 Å². The van der Waals surface area contributed by atoms with Crippen LogP contribution in [0.4, 0.5) is 0 Å². The lowest BCUT2D eigenvalue weighted by Crippen LogP contribution is -2.14. The first-order valence-electron chi connectivity index (χ1n) is 3.59. The van der Waals surface area contributed by atoms with Gasteiger partial charge in [-0.15, -0.1) is 11.6 Å². The maximum absolute atomic E-state index is 11.1. The second-order valence-electron chi connectivity index (χ2n) is 2.63. The van der Waals surface area contributed by atoms with E-state index in [4.69, 9.17) is 27.0 Å². The van der Waals surface area contributed by atoms with Crippen LogP contribution in [0.2, 0.25) is 0 Å². The Hall–Kier alpha value is 0.290. The Labute approximate surface area is 100 Å². The molecule has 1 aliphatic carbocycles. The van der Waals surface area contributed by atoms with Crippen LogP contribution in [-0.4, -0.2) is 20.9 Å². The van der Waals surface area contributed by atoms with Crippen molar-refractivity contribution >= 4 is 47.3 Å². The number of rotatable bonds is 2. The number of allylic oxidation sites excluding steroid dienone is 4. The van der Waals surface area contributed by atoms with E-state index in [0.29, 0.717) is 10.2 Å². The fourth-order valence-corrected chi connectivity index (χ4v) is 3.86. The molecule has 0 aromatic carbocycles. The summed E-state index contributed by atoms with van der Waals surface area (Å²) < 4.78 is 27.5. The molecule has 0 bridgehead atoms. The van der Waals surface area contributed by atoms with Gasteiger partial charge in [0.15, 0.2) is 0 Å². The minimum absolute atomic E-state index is 0.0833. The Morgan fingerprint density at radius 1 is 1.64 bits per heavy atom. The second kappa shape index (κ2) is 4.43. The Bertz CT molecular complexity index is 399. The minimum atomic E-state index is -3.72. The predicted molar refractivity (Wildman–Crippen MR) is 60.1 cm³/mol. The molecule has 1 rings (SSSR count). The van der Waals surface area contributed by atoms with Gasteiger partial charge in [0.25, 0.3) is 9.05 Å². The molecule has 0 radical (unpaired) electrons. The van der Waals surface area contributed by atoms with Gasteiger partial charge in [0.2, 0.25) is 0 Å². The van der Waals surface area contributed by atoms with Crippen molar-refractivity contribution in [1.82, 2.24) is 0 Å². The Kier molecular flexibility index (Phi) is 3.91. The van der Waals surface area contributed by atoms with Gasteiger partial charge in [-0.3, -0.25) is 0 Å².